The molecule has 0 amide bonds. The molecule has 80 valence electrons. The van der Waals surface area contributed by atoms with E-state index in [1.807, 2.05) is 13.8 Å². The van der Waals surface area contributed by atoms with Crippen LogP contribution in [0.5, 0.6) is 0 Å². The predicted molar refractivity (Wildman–Crippen MR) is 51.6 cm³/mol. The van der Waals surface area contributed by atoms with Gasteiger partial charge in [0.1, 0.15) is 6.61 Å². The summed E-state index contributed by atoms with van der Waals surface area (Å²) in [6.45, 7) is 6.54. The molecule has 1 aromatic heterocycles. The van der Waals surface area contributed by atoms with Crippen molar-refractivity contribution in [2.75, 3.05) is 6.61 Å². The predicted octanol–water partition coefficient (Wildman–Crippen LogP) is 1.02. The summed E-state index contributed by atoms with van der Waals surface area (Å²) in [5, 5.41) is 7.50. The molecule has 1 heterocycles. The van der Waals surface area contributed by atoms with Gasteiger partial charge in [-0.15, -0.1) is 10.2 Å². The highest BCUT2D eigenvalue weighted by Crippen LogP contribution is 2.07. The maximum Gasteiger partial charge on any atom is 0.242 e. The summed E-state index contributed by atoms with van der Waals surface area (Å²) in [4.78, 5) is 0. The van der Waals surface area contributed by atoms with Crippen LogP contribution in [0.4, 0.5) is 0 Å². The Morgan fingerprint density at radius 1 is 1.50 bits per heavy atom. The molecule has 0 saturated heterocycles. The van der Waals surface area contributed by atoms with Crippen LogP contribution in [0.1, 0.15) is 32.0 Å². The maximum absolute atomic E-state index is 5.89. The number of ether oxygens (including phenoxy) is 1. The zero-order valence-corrected chi connectivity index (χ0v) is 8.91. The smallest absolute Gasteiger partial charge is 0.242 e. The molecule has 2 N–H and O–H groups in total. The molecule has 1 atom stereocenters. The zero-order valence-electron chi connectivity index (χ0n) is 8.91. The van der Waals surface area contributed by atoms with Crippen molar-refractivity contribution in [3.63, 3.8) is 0 Å². The first-order valence-corrected chi connectivity index (χ1v) is 4.69. The first-order valence-electron chi connectivity index (χ1n) is 4.69. The lowest BCUT2D eigenvalue weighted by molar-refractivity contribution is 0.0639. The summed E-state index contributed by atoms with van der Waals surface area (Å²) in [7, 11) is 0. The number of hydrogen-bond donors (Lipinski definition) is 1. The molecule has 14 heavy (non-hydrogen) atoms. The number of aromatic nitrogens is 2. The fourth-order valence-electron chi connectivity index (χ4n) is 0.869. The molecule has 0 aliphatic heterocycles. The second-order valence-corrected chi connectivity index (χ2v) is 3.72. The first kappa shape index (κ1) is 11.1. The molecule has 5 nitrogen and oxygen atoms in total. The van der Waals surface area contributed by atoms with Gasteiger partial charge in [0.05, 0.1) is 6.61 Å². The average molecular weight is 199 g/mol. The van der Waals surface area contributed by atoms with Crippen molar-refractivity contribution < 1.29 is 9.15 Å². The van der Waals surface area contributed by atoms with E-state index < -0.39 is 0 Å². The van der Waals surface area contributed by atoms with Crippen LogP contribution in [0.25, 0.3) is 0 Å². The Labute approximate surface area is 83.6 Å². The van der Waals surface area contributed by atoms with Crippen LogP contribution in [0.2, 0.25) is 0 Å². The van der Waals surface area contributed by atoms with E-state index in [-0.39, 0.29) is 5.54 Å². The monoisotopic (exact) mass is 199 g/mol. The van der Waals surface area contributed by atoms with Crippen molar-refractivity contribution in [2.24, 2.45) is 5.73 Å². The summed E-state index contributed by atoms with van der Waals surface area (Å²) in [5.41, 5.74) is 5.61. The van der Waals surface area contributed by atoms with E-state index in [0.717, 1.165) is 6.42 Å². The van der Waals surface area contributed by atoms with Gasteiger partial charge >= 0.3 is 0 Å². The van der Waals surface area contributed by atoms with E-state index in [9.17, 15) is 0 Å². The molecule has 0 spiro atoms. The fourth-order valence-corrected chi connectivity index (χ4v) is 0.869. The van der Waals surface area contributed by atoms with Crippen molar-refractivity contribution in [1.82, 2.24) is 10.2 Å². The topological polar surface area (TPSA) is 74.2 Å². The third-order valence-electron chi connectivity index (χ3n) is 2.03. The van der Waals surface area contributed by atoms with E-state index >= 15 is 0 Å². The quantitative estimate of drug-likeness (QED) is 0.766. The summed E-state index contributed by atoms with van der Waals surface area (Å²) in [6.07, 6.45) is 0.871. The Balaban J connectivity index is 2.28. The molecule has 0 aliphatic rings. The molecule has 1 rings (SSSR count). The SMILES string of the molecule is CCC(C)(N)COCc1nnc(C)o1. The van der Waals surface area contributed by atoms with Crippen molar-refractivity contribution in [3.8, 4) is 0 Å². The van der Waals surface area contributed by atoms with Gasteiger partial charge < -0.3 is 14.9 Å². The van der Waals surface area contributed by atoms with Crippen molar-refractivity contribution in [3.05, 3.63) is 11.8 Å². The standard InChI is InChI=1S/C9H17N3O2/c1-4-9(3,10)6-13-5-8-12-11-7(2)14-8/h4-6,10H2,1-3H3. The highest BCUT2D eigenvalue weighted by atomic mass is 16.5. The highest BCUT2D eigenvalue weighted by molar-refractivity contribution is 4.78. The van der Waals surface area contributed by atoms with Crippen molar-refractivity contribution in [2.45, 2.75) is 39.3 Å². The van der Waals surface area contributed by atoms with E-state index in [2.05, 4.69) is 10.2 Å². The number of nitrogens with two attached hydrogens (primary N) is 1. The minimum absolute atomic E-state index is 0.283. The summed E-state index contributed by atoms with van der Waals surface area (Å²) >= 11 is 0. The van der Waals surface area contributed by atoms with Gasteiger partial charge in [-0.05, 0) is 13.3 Å². The third-order valence-corrected chi connectivity index (χ3v) is 2.03. The van der Waals surface area contributed by atoms with Crippen LogP contribution < -0.4 is 5.73 Å². The van der Waals surface area contributed by atoms with E-state index in [0.29, 0.717) is 25.0 Å². The molecule has 0 bridgehead atoms. The Morgan fingerprint density at radius 2 is 2.21 bits per heavy atom. The lowest BCUT2D eigenvalue weighted by atomic mass is 10.0. The molecule has 0 radical (unpaired) electrons. The lowest BCUT2D eigenvalue weighted by Gasteiger charge is -2.21. The van der Waals surface area contributed by atoms with Crippen LogP contribution in [0.3, 0.4) is 0 Å². The molecule has 1 unspecified atom stereocenters. The van der Waals surface area contributed by atoms with Crippen molar-refractivity contribution >= 4 is 0 Å². The van der Waals surface area contributed by atoms with E-state index in [1.165, 1.54) is 0 Å². The molecule has 0 aliphatic carbocycles. The van der Waals surface area contributed by atoms with Crippen LogP contribution in [-0.4, -0.2) is 22.3 Å². The van der Waals surface area contributed by atoms with Crippen LogP contribution in [0.15, 0.2) is 4.42 Å². The van der Waals surface area contributed by atoms with E-state index in [4.69, 9.17) is 14.9 Å². The molecular formula is C9H17N3O2. The molecule has 1 aromatic rings. The Hall–Kier alpha value is -0.940. The lowest BCUT2D eigenvalue weighted by Crippen LogP contribution is -2.40. The first-order chi connectivity index (χ1) is 6.53. The number of aryl methyl sites for hydroxylation is 1. The van der Waals surface area contributed by atoms with Gasteiger partial charge in [0.2, 0.25) is 11.8 Å². The molecule has 5 heteroatoms. The second-order valence-electron chi connectivity index (χ2n) is 3.72. The Bertz CT molecular complexity index is 283. The second kappa shape index (κ2) is 4.52. The van der Waals surface area contributed by atoms with Crippen LogP contribution in [0, 0.1) is 6.92 Å². The van der Waals surface area contributed by atoms with Gasteiger partial charge in [0.15, 0.2) is 0 Å². The van der Waals surface area contributed by atoms with Gasteiger partial charge in [-0.2, -0.15) is 0 Å². The number of rotatable bonds is 5. The Morgan fingerprint density at radius 3 is 2.71 bits per heavy atom. The number of hydrogen-bond acceptors (Lipinski definition) is 5. The largest absolute Gasteiger partial charge is 0.423 e. The zero-order chi connectivity index (χ0) is 10.6. The van der Waals surface area contributed by atoms with Crippen LogP contribution >= 0.6 is 0 Å². The summed E-state index contributed by atoms with van der Waals surface area (Å²) < 4.78 is 10.5. The van der Waals surface area contributed by atoms with Gasteiger partial charge in [-0.25, -0.2) is 0 Å². The van der Waals surface area contributed by atoms with Gasteiger partial charge in [0.25, 0.3) is 0 Å². The molecule has 0 saturated carbocycles. The Kier molecular flexibility index (Phi) is 3.60. The number of nitrogens with zero attached hydrogens (tertiary/aromatic N) is 2. The van der Waals surface area contributed by atoms with Gasteiger partial charge in [-0.3, -0.25) is 0 Å². The fraction of sp³-hybridized carbons (Fsp3) is 0.778. The highest BCUT2D eigenvalue weighted by Gasteiger charge is 2.16. The molecular weight excluding hydrogens is 182 g/mol. The minimum Gasteiger partial charge on any atom is -0.423 e. The van der Waals surface area contributed by atoms with Gasteiger partial charge in [0, 0.05) is 12.5 Å². The summed E-state index contributed by atoms with van der Waals surface area (Å²) in [5.74, 6) is 1.05. The average Bonchev–Trinajstić information content (AvgIpc) is 2.51. The third kappa shape index (κ3) is 3.43. The van der Waals surface area contributed by atoms with E-state index in [1.54, 1.807) is 6.92 Å². The van der Waals surface area contributed by atoms with Gasteiger partial charge in [-0.1, -0.05) is 6.92 Å². The van der Waals surface area contributed by atoms with Crippen LogP contribution in [-0.2, 0) is 11.3 Å². The summed E-state index contributed by atoms with van der Waals surface area (Å²) in [6, 6.07) is 0. The maximum atomic E-state index is 5.89. The van der Waals surface area contributed by atoms with Crippen molar-refractivity contribution in [1.29, 1.82) is 0 Å². The molecule has 0 aromatic carbocycles. The normalized spacial score (nSPS) is 15.4. The molecule has 0 fully saturated rings. The minimum atomic E-state index is -0.283.